The number of nitrogens with zero attached hydrogens (tertiary/aromatic N) is 5. The van der Waals surface area contributed by atoms with Gasteiger partial charge in [-0.1, -0.05) is 24.3 Å². The maximum atomic E-state index is 14.4. The van der Waals surface area contributed by atoms with Gasteiger partial charge in [0.15, 0.2) is 17.2 Å². The molecule has 1 atom stereocenters. The fourth-order valence-electron chi connectivity index (χ4n) is 4.57. The largest absolute Gasteiger partial charge is 0.437 e. The number of para-hydroxylation sites is 1. The molecule has 0 radical (unpaired) electrons. The molecule has 35 heavy (non-hydrogen) atoms. The monoisotopic (exact) mass is 463 g/mol. The Balaban J connectivity index is 1.57. The zero-order valence-corrected chi connectivity index (χ0v) is 17.9. The topological polar surface area (TPSA) is 95.4 Å². The fraction of sp³-hybridized carbons (Fsp3) is 0.0385. The SMILES string of the molecule is O=c1oc2ccccc2c2c1C(c1cccc(F)c1)c1c(ncn3nc(-c4cccnc4)nc13)O2. The second-order valence-electron chi connectivity index (χ2n) is 8.13. The summed E-state index contributed by atoms with van der Waals surface area (Å²) >= 11 is 0. The number of hydrogen-bond donors (Lipinski definition) is 0. The van der Waals surface area contributed by atoms with Crippen LogP contribution in [-0.4, -0.2) is 24.6 Å². The number of aromatic nitrogens is 5. The third kappa shape index (κ3) is 2.95. The summed E-state index contributed by atoms with van der Waals surface area (Å²) < 4.78 is 27.8. The van der Waals surface area contributed by atoms with Crippen LogP contribution in [0.1, 0.15) is 22.6 Å². The first-order valence-electron chi connectivity index (χ1n) is 10.8. The molecule has 5 heterocycles. The van der Waals surface area contributed by atoms with Crippen LogP contribution in [0.4, 0.5) is 4.39 Å². The van der Waals surface area contributed by atoms with Crippen LogP contribution in [-0.2, 0) is 0 Å². The Labute approximate surface area is 196 Å². The summed E-state index contributed by atoms with van der Waals surface area (Å²) in [6.07, 6.45) is 4.82. The molecular formula is C26H14FN5O3. The molecule has 6 aromatic rings. The van der Waals surface area contributed by atoms with Crippen LogP contribution >= 0.6 is 0 Å². The minimum atomic E-state index is -0.743. The van der Waals surface area contributed by atoms with Crippen molar-refractivity contribution in [2.75, 3.05) is 0 Å². The van der Waals surface area contributed by atoms with Gasteiger partial charge in [-0.2, -0.15) is 0 Å². The van der Waals surface area contributed by atoms with Crippen molar-refractivity contribution >= 4 is 16.6 Å². The summed E-state index contributed by atoms with van der Waals surface area (Å²) in [5.41, 5.74) is 2.25. The van der Waals surface area contributed by atoms with Crippen LogP contribution in [0.15, 0.2) is 88.6 Å². The summed E-state index contributed by atoms with van der Waals surface area (Å²) in [5, 5.41) is 5.16. The molecule has 8 nitrogen and oxygen atoms in total. The molecular weight excluding hydrogens is 449 g/mol. The quantitative estimate of drug-likeness (QED) is 0.343. The molecule has 4 aromatic heterocycles. The van der Waals surface area contributed by atoms with Crippen LogP contribution in [0.5, 0.6) is 11.6 Å². The summed E-state index contributed by atoms with van der Waals surface area (Å²) in [5.74, 6) is -0.141. The number of ether oxygens (including phenoxy) is 1. The predicted molar refractivity (Wildman–Crippen MR) is 124 cm³/mol. The molecule has 0 spiro atoms. The van der Waals surface area contributed by atoms with Gasteiger partial charge in [0.1, 0.15) is 17.7 Å². The van der Waals surface area contributed by atoms with E-state index in [0.29, 0.717) is 39.3 Å². The number of fused-ring (bicyclic) bond motifs is 6. The zero-order valence-electron chi connectivity index (χ0n) is 17.9. The summed E-state index contributed by atoms with van der Waals surface area (Å²) in [6, 6.07) is 16.8. The lowest BCUT2D eigenvalue weighted by Crippen LogP contribution is -2.22. The molecule has 0 fully saturated rings. The first kappa shape index (κ1) is 19.5. The standard InChI is InChI=1S/C26H14FN5O3/c27-16-7-3-5-14(11-16)19-20-22(17-8-1-2-9-18(17)34-26(20)33)35-25-21(19)24-30-23(31-32(24)13-29-25)15-6-4-10-28-12-15/h1-13,19H. The van der Waals surface area contributed by atoms with Crippen LogP contribution in [0.25, 0.3) is 28.0 Å². The zero-order chi connectivity index (χ0) is 23.5. The molecule has 7 rings (SSSR count). The van der Waals surface area contributed by atoms with Gasteiger partial charge in [0.25, 0.3) is 0 Å². The number of rotatable bonds is 2. The van der Waals surface area contributed by atoms with E-state index in [-0.39, 0.29) is 11.4 Å². The molecule has 0 saturated heterocycles. The van der Waals surface area contributed by atoms with Crippen molar-refractivity contribution in [3.8, 4) is 23.0 Å². The summed E-state index contributed by atoms with van der Waals surface area (Å²) in [7, 11) is 0. The second-order valence-corrected chi connectivity index (χ2v) is 8.13. The molecule has 2 aromatic carbocycles. The lowest BCUT2D eigenvalue weighted by atomic mass is 9.84. The van der Waals surface area contributed by atoms with Gasteiger partial charge in [-0.3, -0.25) is 4.98 Å². The van der Waals surface area contributed by atoms with Gasteiger partial charge in [-0.15, -0.1) is 5.10 Å². The lowest BCUT2D eigenvalue weighted by Gasteiger charge is -2.27. The Kier molecular flexibility index (Phi) is 4.07. The molecule has 0 amide bonds. The Hall–Kier alpha value is -4.92. The van der Waals surface area contributed by atoms with Gasteiger partial charge in [-0.25, -0.2) is 23.7 Å². The van der Waals surface area contributed by atoms with Crippen LogP contribution in [0.3, 0.4) is 0 Å². The molecule has 0 bridgehead atoms. The van der Waals surface area contributed by atoms with Crippen molar-refractivity contribution in [3.05, 3.63) is 112 Å². The molecule has 0 aliphatic carbocycles. The molecule has 1 aliphatic rings. The Morgan fingerprint density at radius 3 is 2.77 bits per heavy atom. The maximum Gasteiger partial charge on any atom is 0.344 e. The Morgan fingerprint density at radius 1 is 1.00 bits per heavy atom. The highest BCUT2D eigenvalue weighted by Gasteiger charge is 2.37. The van der Waals surface area contributed by atoms with Gasteiger partial charge in [-0.05, 0) is 42.0 Å². The molecule has 0 saturated carbocycles. The number of halogens is 1. The van der Waals surface area contributed by atoms with E-state index in [1.54, 1.807) is 48.8 Å². The minimum Gasteiger partial charge on any atom is -0.437 e. The molecule has 1 aliphatic heterocycles. The van der Waals surface area contributed by atoms with Gasteiger partial charge >= 0.3 is 5.63 Å². The van der Waals surface area contributed by atoms with E-state index < -0.39 is 17.4 Å². The molecule has 9 heteroatoms. The minimum absolute atomic E-state index is 0.252. The second kappa shape index (κ2) is 7.29. The van der Waals surface area contributed by atoms with Crippen molar-refractivity contribution in [2.45, 2.75) is 5.92 Å². The highest BCUT2D eigenvalue weighted by molar-refractivity contribution is 5.86. The highest BCUT2D eigenvalue weighted by Crippen LogP contribution is 2.48. The molecule has 168 valence electrons. The average Bonchev–Trinajstić information content (AvgIpc) is 3.33. The van der Waals surface area contributed by atoms with E-state index in [0.717, 1.165) is 5.56 Å². The molecule has 1 unspecified atom stereocenters. The third-order valence-corrected chi connectivity index (χ3v) is 6.06. The van der Waals surface area contributed by atoms with E-state index in [4.69, 9.17) is 14.1 Å². The highest BCUT2D eigenvalue weighted by atomic mass is 19.1. The summed E-state index contributed by atoms with van der Waals surface area (Å²) in [6.45, 7) is 0. The summed E-state index contributed by atoms with van der Waals surface area (Å²) in [4.78, 5) is 26.7. The molecule has 0 N–H and O–H groups in total. The fourth-order valence-corrected chi connectivity index (χ4v) is 4.57. The van der Waals surface area contributed by atoms with Gasteiger partial charge in [0.05, 0.1) is 22.4 Å². The first-order valence-corrected chi connectivity index (χ1v) is 10.8. The van der Waals surface area contributed by atoms with E-state index in [1.165, 1.54) is 23.0 Å². The third-order valence-electron chi connectivity index (χ3n) is 6.06. The van der Waals surface area contributed by atoms with Crippen LogP contribution < -0.4 is 10.4 Å². The smallest absolute Gasteiger partial charge is 0.344 e. The van der Waals surface area contributed by atoms with Crippen LogP contribution in [0.2, 0.25) is 0 Å². The van der Waals surface area contributed by atoms with Crippen molar-refractivity contribution in [3.63, 3.8) is 0 Å². The van der Waals surface area contributed by atoms with Gasteiger partial charge in [0, 0.05) is 18.0 Å². The average molecular weight is 463 g/mol. The van der Waals surface area contributed by atoms with Crippen LogP contribution in [0, 0.1) is 5.82 Å². The predicted octanol–water partition coefficient (Wildman–Crippen LogP) is 4.72. The number of pyridine rings is 1. The Morgan fingerprint density at radius 2 is 1.91 bits per heavy atom. The van der Waals surface area contributed by atoms with E-state index in [1.807, 2.05) is 12.1 Å². The number of benzene rings is 2. The van der Waals surface area contributed by atoms with Crippen molar-refractivity contribution < 1.29 is 13.5 Å². The Bertz CT molecular complexity index is 1830. The van der Waals surface area contributed by atoms with Crippen molar-refractivity contribution in [2.24, 2.45) is 0 Å². The maximum absolute atomic E-state index is 14.4. The van der Waals surface area contributed by atoms with Gasteiger partial charge in [0.2, 0.25) is 5.88 Å². The first-order chi connectivity index (χ1) is 17.2. The van der Waals surface area contributed by atoms with E-state index in [2.05, 4.69) is 15.1 Å². The van der Waals surface area contributed by atoms with E-state index >= 15 is 0 Å². The van der Waals surface area contributed by atoms with E-state index in [9.17, 15) is 9.18 Å². The lowest BCUT2D eigenvalue weighted by molar-refractivity contribution is 0.422. The van der Waals surface area contributed by atoms with Crippen molar-refractivity contribution in [1.29, 1.82) is 0 Å². The van der Waals surface area contributed by atoms with Gasteiger partial charge < -0.3 is 9.15 Å². The van der Waals surface area contributed by atoms with Crippen molar-refractivity contribution in [1.82, 2.24) is 24.6 Å². The normalized spacial score (nSPS) is 14.5. The number of hydrogen-bond acceptors (Lipinski definition) is 7.